The Morgan fingerprint density at radius 2 is 1.70 bits per heavy atom. The van der Waals surface area contributed by atoms with Gasteiger partial charge in [0.25, 0.3) is 5.82 Å². The number of aryl methyl sites for hydroxylation is 1. The Labute approximate surface area is 141 Å². The molecule has 4 nitrogen and oxygen atoms in total. The molecule has 1 aromatic heterocycles. The molecule has 132 valence electrons. The second kappa shape index (κ2) is 10.5. The number of nitrogens with zero attached hydrogens (tertiary/aromatic N) is 2. The monoisotopic (exact) mass is 322 g/mol. The third kappa shape index (κ3) is 6.00. The summed E-state index contributed by atoms with van der Waals surface area (Å²) in [6.45, 7) is 8.97. The number of carbonyl (C=O) groups excluding carboxylic acids is 1. The van der Waals surface area contributed by atoms with E-state index >= 15 is 0 Å². The lowest BCUT2D eigenvalue weighted by Gasteiger charge is -2.12. The smallest absolute Gasteiger partial charge is 0.257 e. The van der Waals surface area contributed by atoms with E-state index in [1.54, 1.807) is 6.92 Å². The second-order valence-electron chi connectivity index (χ2n) is 6.56. The molecule has 23 heavy (non-hydrogen) atoms. The van der Waals surface area contributed by atoms with Crippen LogP contribution < -0.4 is 9.67 Å². The molecule has 0 aliphatic carbocycles. The van der Waals surface area contributed by atoms with Crippen molar-refractivity contribution < 1.29 is 14.5 Å². The van der Waals surface area contributed by atoms with E-state index in [1.807, 2.05) is 17.7 Å². The lowest BCUT2D eigenvalue weighted by Crippen LogP contribution is -2.49. The minimum absolute atomic E-state index is 0.606. The standard InChI is InChI=1S/C19H34N2O2/c1-5-7-8-9-10-11-12-13-14-18-20(6-2)16(3)15-21(18)17(4)19(22)23/h15,17H,5-14H2,1-4H3. The molecule has 0 fully saturated rings. The fourth-order valence-corrected chi connectivity index (χ4v) is 3.25. The maximum atomic E-state index is 11.2. The number of unbranched alkanes of at least 4 members (excludes halogenated alkanes) is 7. The molecule has 0 aromatic carbocycles. The Bertz CT molecular complexity index is 480. The van der Waals surface area contributed by atoms with Crippen LogP contribution in [0.15, 0.2) is 6.20 Å². The number of carboxylic acid groups (broad SMARTS) is 1. The molecular weight excluding hydrogens is 288 g/mol. The van der Waals surface area contributed by atoms with Gasteiger partial charge in [-0.25, -0.2) is 9.13 Å². The Hall–Kier alpha value is -1.32. The van der Waals surface area contributed by atoms with Crippen molar-refractivity contribution in [2.45, 2.75) is 98.1 Å². The number of imidazole rings is 1. The largest absolute Gasteiger partial charge is 0.546 e. The summed E-state index contributed by atoms with van der Waals surface area (Å²) in [5, 5.41) is 11.2. The highest BCUT2D eigenvalue weighted by Crippen LogP contribution is 2.13. The molecule has 1 heterocycles. The predicted molar refractivity (Wildman–Crippen MR) is 91.1 cm³/mol. The van der Waals surface area contributed by atoms with Crippen molar-refractivity contribution in [2.75, 3.05) is 0 Å². The van der Waals surface area contributed by atoms with Crippen LogP contribution >= 0.6 is 0 Å². The van der Waals surface area contributed by atoms with Crippen molar-refractivity contribution in [2.24, 2.45) is 0 Å². The zero-order valence-electron chi connectivity index (χ0n) is 15.4. The number of hydrogen-bond donors (Lipinski definition) is 0. The Kier molecular flexibility index (Phi) is 8.97. The van der Waals surface area contributed by atoms with Crippen molar-refractivity contribution in [1.82, 2.24) is 4.57 Å². The van der Waals surface area contributed by atoms with Gasteiger partial charge < -0.3 is 9.90 Å². The first kappa shape index (κ1) is 19.7. The van der Waals surface area contributed by atoms with Gasteiger partial charge in [0.2, 0.25) is 0 Å². The van der Waals surface area contributed by atoms with Gasteiger partial charge in [-0.05, 0) is 20.3 Å². The van der Waals surface area contributed by atoms with Crippen LogP contribution in [0.1, 0.15) is 89.7 Å². The van der Waals surface area contributed by atoms with Crippen LogP contribution in [0.25, 0.3) is 0 Å². The lowest BCUT2D eigenvalue weighted by atomic mass is 10.1. The van der Waals surface area contributed by atoms with E-state index in [4.69, 9.17) is 0 Å². The molecular formula is C19H34N2O2. The summed E-state index contributed by atoms with van der Waals surface area (Å²) < 4.78 is 4.11. The molecule has 1 rings (SSSR count). The summed E-state index contributed by atoms with van der Waals surface area (Å²) in [7, 11) is 0. The van der Waals surface area contributed by atoms with Crippen molar-refractivity contribution in [3.8, 4) is 0 Å². The summed E-state index contributed by atoms with van der Waals surface area (Å²) in [6, 6.07) is -0.606. The normalized spacial score (nSPS) is 12.5. The molecule has 0 amide bonds. The molecule has 1 unspecified atom stereocenters. The third-order valence-electron chi connectivity index (χ3n) is 4.69. The van der Waals surface area contributed by atoms with E-state index in [0.29, 0.717) is 0 Å². The maximum Gasteiger partial charge on any atom is 0.257 e. The first-order valence-corrected chi connectivity index (χ1v) is 9.33. The van der Waals surface area contributed by atoms with Crippen LogP contribution in [0.2, 0.25) is 0 Å². The van der Waals surface area contributed by atoms with Crippen molar-refractivity contribution >= 4 is 5.97 Å². The van der Waals surface area contributed by atoms with Crippen molar-refractivity contribution in [1.29, 1.82) is 0 Å². The van der Waals surface area contributed by atoms with Gasteiger partial charge in [-0.3, -0.25) is 0 Å². The van der Waals surface area contributed by atoms with E-state index < -0.39 is 12.0 Å². The highest BCUT2D eigenvalue weighted by Gasteiger charge is 2.23. The third-order valence-corrected chi connectivity index (χ3v) is 4.69. The maximum absolute atomic E-state index is 11.2. The number of hydrogen-bond acceptors (Lipinski definition) is 2. The molecule has 4 heteroatoms. The number of carbonyl (C=O) groups is 1. The quantitative estimate of drug-likeness (QED) is 0.438. The highest BCUT2D eigenvalue weighted by atomic mass is 16.4. The number of aliphatic carboxylic acids is 1. The Morgan fingerprint density at radius 1 is 1.13 bits per heavy atom. The lowest BCUT2D eigenvalue weighted by molar-refractivity contribution is -0.719. The number of carboxylic acids is 1. The summed E-state index contributed by atoms with van der Waals surface area (Å²) in [5.74, 6) is 0.105. The summed E-state index contributed by atoms with van der Waals surface area (Å²) in [5.41, 5.74) is 1.12. The highest BCUT2D eigenvalue weighted by molar-refractivity contribution is 5.66. The molecule has 0 spiro atoms. The molecule has 0 N–H and O–H groups in total. The van der Waals surface area contributed by atoms with Crippen LogP contribution in [0.3, 0.4) is 0 Å². The van der Waals surface area contributed by atoms with Gasteiger partial charge in [0.05, 0.1) is 12.5 Å². The molecule has 0 saturated heterocycles. The van der Waals surface area contributed by atoms with Crippen LogP contribution in [-0.4, -0.2) is 10.5 Å². The number of rotatable bonds is 12. The fraction of sp³-hybridized carbons (Fsp3) is 0.789. The molecule has 0 bridgehead atoms. The van der Waals surface area contributed by atoms with Gasteiger partial charge >= 0.3 is 0 Å². The Morgan fingerprint density at radius 3 is 2.22 bits per heavy atom. The van der Waals surface area contributed by atoms with Gasteiger partial charge in [-0.15, -0.1) is 0 Å². The van der Waals surface area contributed by atoms with Crippen LogP contribution in [0.5, 0.6) is 0 Å². The average molecular weight is 322 g/mol. The molecule has 1 atom stereocenters. The molecule has 0 aliphatic heterocycles. The van der Waals surface area contributed by atoms with Crippen molar-refractivity contribution in [3.63, 3.8) is 0 Å². The van der Waals surface area contributed by atoms with E-state index in [9.17, 15) is 9.90 Å². The predicted octanol–water partition coefficient (Wildman–Crippen LogP) is 3.10. The summed E-state index contributed by atoms with van der Waals surface area (Å²) in [6.07, 6.45) is 13.2. The van der Waals surface area contributed by atoms with E-state index in [2.05, 4.69) is 18.4 Å². The molecule has 1 aromatic rings. The minimum atomic E-state index is -1.01. The first-order chi connectivity index (χ1) is 11.0. The summed E-state index contributed by atoms with van der Waals surface area (Å²) >= 11 is 0. The van der Waals surface area contributed by atoms with Crippen LogP contribution in [0, 0.1) is 6.92 Å². The molecule has 0 saturated carbocycles. The fourth-order valence-electron chi connectivity index (χ4n) is 3.25. The number of aromatic nitrogens is 2. The average Bonchev–Trinajstić information content (AvgIpc) is 2.84. The van der Waals surface area contributed by atoms with Gasteiger partial charge in [0, 0.05) is 13.3 Å². The van der Waals surface area contributed by atoms with E-state index in [1.165, 1.54) is 44.9 Å². The summed E-state index contributed by atoms with van der Waals surface area (Å²) in [4.78, 5) is 11.2. The topological polar surface area (TPSA) is 48.9 Å². The van der Waals surface area contributed by atoms with Gasteiger partial charge in [0.15, 0.2) is 0 Å². The zero-order valence-corrected chi connectivity index (χ0v) is 15.4. The van der Waals surface area contributed by atoms with Crippen LogP contribution in [0.4, 0.5) is 0 Å². The minimum Gasteiger partial charge on any atom is -0.546 e. The van der Waals surface area contributed by atoms with E-state index in [0.717, 1.165) is 30.9 Å². The SMILES string of the molecule is CCCCCCCCCCc1n(CC)c(C)c[n+]1C(C)C(=O)[O-]. The first-order valence-electron chi connectivity index (χ1n) is 9.33. The van der Waals surface area contributed by atoms with E-state index in [-0.39, 0.29) is 0 Å². The molecule has 0 aliphatic rings. The van der Waals surface area contributed by atoms with Crippen LogP contribution in [-0.2, 0) is 17.8 Å². The van der Waals surface area contributed by atoms with Crippen molar-refractivity contribution in [3.05, 3.63) is 17.7 Å². The molecule has 0 radical (unpaired) electrons. The van der Waals surface area contributed by atoms with Gasteiger partial charge in [-0.1, -0.05) is 51.9 Å². The zero-order chi connectivity index (χ0) is 17.2. The van der Waals surface area contributed by atoms with Gasteiger partial charge in [-0.2, -0.15) is 0 Å². The second-order valence-corrected chi connectivity index (χ2v) is 6.56. The Balaban J connectivity index is 2.53. The van der Waals surface area contributed by atoms with Gasteiger partial charge in [0.1, 0.15) is 17.9 Å².